The maximum atomic E-state index is 5.79. The van der Waals surface area contributed by atoms with Crippen molar-refractivity contribution in [3.63, 3.8) is 0 Å². The lowest BCUT2D eigenvalue weighted by Crippen LogP contribution is -2.41. The third kappa shape index (κ3) is 2.62. The Morgan fingerprint density at radius 1 is 1.14 bits per heavy atom. The number of alkyl halides is 1. The minimum Gasteiger partial charge on any atom is -0.400 e. The summed E-state index contributed by atoms with van der Waals surface area (Å²) in [5.74, 6) is 1.98. The zero-order chi connectivity index (χ0) is 10.8. The fourth-order valence-corrected chi connectivity index (χ4v) is 1.50. The van der Waals surface area contributed by atoms with Gasteiger partial charge in [-0.15, -0.1) is 0 Å². The van der Waals surface area contributed by atoms with E-state index >= 15 is 0 Å². The summed E-state index contributed by atoms with van der Waals surface area (Å²) >= 11 is 3.37. The Hall–Kier alpha value is 0.205. The average molecular weight is 261 g/mol. The largest absolute Gasteiger partial charge is 0.486 e. The molecule has 0 spiro atoms. The highest BCUT2D eigenvalue weighted by atomic mass is 79.9. The first-order valence-corrected chi connectivity index (χ1v) is 6.09. The van der Waals surface area contributed by atoms with Crippen molar-refractivity contribution >= 4 is 23.0 Å². The molecule has 0 aromatic rings. The first kappa shape index (κ1) is 12.3. The van der Waals surface area contributed by atoms with Crippen LogP contribution in [0.3, 0.4) is 0 Å². The van der Waals surface area contributed by atoms with Crippen LogP contribution in [0.5, 0.6) is 0 Å². The molecule has 0 saturated carbocycles. The lowest BCUT2D eigenvalue weighted by molar-refractivity contribution is 0.00578. The van der Waals surface area contributed by atoms with Crippen LogP contribution < -0.4 is 0 Å². The van der Waals surface area contributed by atoms with Crippen molar-refractivity contribution in [1.82, 2.24) is 0 Å². The number of rotatable bonds is 3. The van der Waals surface area contributed by atoms with Crippen molar-refractivity contribution in [2.24, 2.45) is 0 Å². The Balaban J connectivity index is 2.55. The molecule has 0 N–H and O–H groups in total. The maximum absolute atomic E-state index is 5.79. The van der Waals surface area contributed by atoms with Gasteiger partial charge in [-0.3, -0.25) is 0 Å². The molecule has 0 unspecified atom stereocenters. The van der Waals surface area contributed by atoms with Crippen molar-refractivity contribution < 1.29 is 9.31 Å². The zero-order valence-electron chi connectivity index (χ0n) is 9.34. The quantitative estimate of drug-likeness (QED) is 0.574. The van der Waals surface area contributed by atoms with Crippen molar-refractivity contribution in [2.45, 2.75) is 45.3 Å². The van der Waals surface area contributed by atoms with Gasteiger partial charge < -0.3 is 9.31 Å². The van der Waals surface area contributed by atoms with E-state index in [1.807, 2.05) is 5.98 Å². The molecule has 2 nitrogen and oxygen atoms in total. The van der Waals surface area contributed by atoms with Gasteiger partial charge in [0.25, 0.3) is 0 Å². The van der Waals surface area contributed by atoms with Gasteiger partial charge in [-0.25, -0.2) is 0 Å². The molecule has 1 fully saturated rings. The molecule has 0 aliphatic carbocycles. The molecule has 0 radical (unpaired) electrons. The number of halogens is 1. The van der Waals surface area contributed by atoms with Crippen molar-refractivity contribution in [3.8, 4) is 0 Å². The maximum Gasteiger partial charge on any atom is 0.486 e. The van der Waals surface area contributed by atoms with Crippen molar-refractivity contribution in [3.05, 3.63) is 12.1 Å². The Kier molecular flexibility index (Phi) is 3.84. The van der Waals surface area contributed by atoms with E-state index < -0.39 is 0 Å². The number of hydrogen-bond acceptors (Lipinski definition) is 2. The van der Waals surface area contributed by atoms with Gasteiger partial charge in [-0.2, -0.15) is 0 Å². The van der Waals surface area contributed by atoms with Crippen molar-refractivity contribution in [2.75, 3.05) is 5.33 Å². The first-order chi connectivity index (χ1) is 6.39. The summed E-state index contributed by atoms with van der Waals surface area (Å²) in [6.45, 7) is 8.24. The summed E-state index contributed by atoms with van der Waals surface area (Å²) in [6.07, 6.45) is 3.08. The highest BCUT2D eigenvalue weighted by molar-refractivity contribution is 9.09. The van der Waals surface area contributed by atoms with E-state index in [1.165, 1.54) is 0 Å². The van der Waals surface area contributed by atoms with Crippen LogP contribution in [0.25, 0.3) is 0 Å². The summed E-state index contributed by atoms with van der Waals surface area (Å²) in [5.41, 5.74) is -0.452. The highest BCUT2D eigenvalue weighted by Crippen LogP contribution is 2.36. The van der Waals surface area contributed by atoms with Crippen LogP contribution in [-0.4, -0.2) is 23.7 Å². The molecule has 0 amide bonds. The Morgan fingerprint density at radius 2 is 1.64 bits per heavy atom. The van der Waals surface area contributed by atoms with Gasteiger partial charge in [0.2, 0.25) is 0 Å². The fraction of sp³-hybridized carbons (Fsp3) is 0.800. The van der Waals surface area contributed by atoms with E-state index in [4.69, 9.17) is 9.31 Å². The monoisotopic (exact) mass is 260 g/mol. The number of hydrogen-bond donors (Lipinski definition) is 0. The van der Waals surface area contributed by atoms with Gasteiger partial charge in [-0.05, 0) is 34.1 Å². The standard InChI is InChI=1S/C10H18BBrO2/c1-9(2)10(3,4)14-11(13-9)7-5-6-8-12/h5,7H,6,8H2,1-4H3. The molecule has 4 heteroatoms. The third-order valence-electron chi connectivity index (χ3n) is 2.84. The van der Waals surface area contributed by atoms with Gasteiger partial charge in [0.15, 0.2) is 0 Å². The van der Waals surface area contributed by atoms with Gasteiger partial charge in [0, 0.05) is 5.33 Å². The van der Waals surface area contributed by atoms with Crippen LogP contribution in [0.2, 0.25) is 0 Å². The second kappa shape index (κ2) is 4.37. The first-order valence-electron chi connectivity index (χ1n) is 4.97. The van der Waals surface area contributed by atoms with E-state index in [9.17, 15) is 0 Å². The summed E-state index contributed by atoms with van der Waals surface area (Å²) in [6, 6.07) is 0. The van der Waals surface area contributed by atoms with E-state index in [0.29, 0.717) is 0 Å². The van der Waals surface area contributed by atoms with Gasteiger partial charge in [-0.1, -0.05) is 28.0 Å². The van der Waals surface area contributed by atoms with Gasteiger partial charge in [0.1, 0.15) is 0 Å². The molecule has 0 aromatic carbocycles. The van der Waals surface area contributed by atoms with E-state index in [-0.39, 0.29) is 18.3 Å². The van der Waals surface area contributed by atoms with E-state index in [2.05, 4.69) is 49.7 Å². The molecule has 14 heavy (non-hydrogen) atoms. The Morgan fingerprint density at radius 3 is 2.07 bits per heavy atom. The summed E-state index contributed by atoms with van der Waals surface area (Å²) in [5, 5.41) is 0.975. The average Bonchev–Trinajstić information content (AvgIpc) is 2.21. The van der Waals surface area contributed by atoms with Crippen molar-refractivity contribution in [1.29, 1.82) is 0 Å². The molecule has 1 aliphatic rings. The second-order valence-electron chi connectivity index (χ2n) is 4.53. The number of allylic oxidation sites excluding steroid dienone is 1. The van der Waals surface area contributed by atoms with E-state index in [1.54, 1.807) is 0 Å². The van der Waals surface area contributed by atoms with Crippen LogP contribution in [0.1, 0.15) is 34.1 Å². The fourth-order valence-electron chi connectivity index (χ4n) is 1.24. The molecule has 1 rings (SSSR count). The van der Waals surface area contributed by atoms with E-state index in [0.717, 1.165) is 11.8 Å². The SMILES string of the molecule is CC1(C)OB(C=CCCBr)OC1(C)C. The van der Waals surface area contributed by atoms with Crippen LogP contribution in [0.4, 0.5) is 0 Å². The predicted molar refractivity (Wildman–Crippen MR) is 63.6 cm³/mol. The Bertz CT molecular complexity index is 210. The van der Waals surface area contributed by atoms with Crippen LogP contribution >= 0.6 is 15.9 Å². The topological polar surface area (TPSA) is 18.5 Å². The lowest BCUT2D eigenvalue weighted by atomic mass is 9.90. The normalized spacial score (nSPS) is 24.8. The second-order valence-corrected chi connectivity index (χ2v) is 5.32. The molecular weight excluding hydrogens is 243 g/mol. The minimum atomic E-state index is -0.226. The molecule has 0 bridgehead atoms. The summed E-state index contributed by atoms with van der Waals surface area (Å²) in [4.78, 5) is 0. The van der Waals surface area contributed by atoms with Gasteiger partial charge in [0.05, 0.1) is 11.2 Å². The lowest BCUT2D eigenvalue weighted by Gasteiger charge is -2.32. The molecule has 0 aromatic heterocycles. The Labute approximate surface area is 95.3 Å². The zero-order valence-corrected chi connectivity index (χ0v) is 10.9. The molecular formula is C10H18BBrO2. The molecule has 1 aliphatic heterocycles. The molecule has 1 heterocycles. The molecule has 0 atom stereocenters. The highest BCUT2D eigenvalue weighted by Gasteiger charge is 2.49. The third-order valence-corrected chi connectivity index (χ3v) is 3.30. The van der Waals surface area contributed by atoms with Gasteiger partial charge >= 0.3 is 7.12 Å². The summed E-state index contributed by atoms with van der Waals surface area (Å²) in [7, 11) is -0.195. The molecule has 1 saturated heterocycles. The van der Waals surface area contributed by atoms with Crippen LogP contribution in [0.15, 0.2) is 12.1 Å². The predicted octanol–water partition coefficient (Wildman–Crippen LogP) is 2.96. The summed E-state index contributed by atoms with van der Waals surface area (Å²) < 4.78 is 11.6. The van der Waals surface area contributed by atoms with Crippen LogP contribution in [0, 0.1) is 0 Å². The van der Waals surface area contributed by atoms with Crippen LogP contribution in [-0.2, 0) is 9.31 Å². The smallest absolute Gasteiger partial charge is 0.400 e. The minimum absolute atomic E-state index is 0.195. The molecule has 80 valence electrons.